The summed E-state index contributed by atoms with van der Waals surface area (Å²) in [7, 11) is 1.47. The minimum atomic E-state index is -4.57. The highest BCUT2D eigenvalue weighted by atomic mass is 19.4. The van der Waals surface area contributed by atoms with Gasteiger partial charge in [-0.25, -0.2) is 4.98 Å². The fraction of sp³-hybridized carbons (Fsp3) is 0.500. The molecule has 0 bridgehead atoms. The number of hydrogen-bond acceptors (Lipinski definition) is 4. The van der Waals surface area contributed by atoms with Crippen molar-refractivity contribution in [3.63, 3.8) is 0 Å². The highest BCUT2D eigenvalue weighted by molar-refractivity contribution is 5.37. The SMILES string of the molecule is CCOc1cc(NC)nc(C(F)(F)F)n1. The molecule has 1 aromatic rings. The molecule has 0 spiro atoms. The Balaban J connectivity index is 3.11. The molecule has 0 amide bonds. The molecule has 0 aliphatic carbocycles. The first-order valence-corrected chi connectivity index (χ1v) is 4.24. The van der Waals surface area contributed by atoms with E-state index in [1.807, 2.05) is 0 Å². The molecule has 0 radical (unpaired) electrons. The van der Waals surface area contributed by atoms with Crippen LogP contribution in [0.4, 0.5) is 19.0 Å². The smallest absolute Gasteiger partial charge is 0.451 e. The second-order valence-electron chi connectivity index (χ2n) is 2.60. The highest BCUT2D eigenvalue weighted by Gasteiger charge is 2.35. The first kappa shape index (κ1) is 11.5. The molecular weight excluding hydrogens is 211 g/mol. The maximum atomic E-state index is 12.3. The molecule has 0 atom stereocenters. The molecule has 1 heterocycles. The van der Waals surface area contributed by atoms with Gasteiger partial charge in [0.2, 0.25) is 11.7 Å². The van der Waals surface area contributed by atoms with Gasteiger partial charge in [-0.3, -0.25) is 0 Å². The van der Waals surface area contributed by atoms with E-state index in [0.717, 1.165) is 0 Å². The van der Waals surface area contributed by atoms with Crippen molar-refractivity contribution in [1.82, 2.24) is 9.97 Å². The van der Waals surface area contributed by atoms with Gasteiger partial charge < -0.3 is 10.1 Å². The van der Waals surface area contributed by atoms with Crippen LogP contribution in [0, 0.1) is 0 Å². The zero-order valence-corrected chi connectivity index (χ0v) is 8.22. The van der Waals surface area contributed by atoms with Gasteiger partial charge in [0.05, 0.1) is 6.61 Å². The van der Waals surface area contributed by atoms with Crippen molar-refractivity contribution in [2.75, 3.05) is 19.0 Å². The van der Waals surface area contributed by atoms with Crippen LogP contribution in [0.1, 0.15) is 12.7 Å². The molecule has 0 aliphatic rings. The predicted molar refractivity (Wildman–Crippen MR) is 47.7 cm³/mol. The number of alkyl halides is 3. The molecule has 0 fully saturated rings. The van der Waals surface area contributed by atoms with E-state index in [-0.39, 0.29) is 18.3 Å². The number of halogens is 3. The Morgan fingerprint density at radius 1 is 1.40 bits per heavy atom. The number of ether oxygens (including phenoxy) is 1. The van der Waals surface area contributed by atoms with E-state index in [1.54, 1.807) is 6.92 Å². The van der Waals surface area contributed by atoms with E-state index >= 15 is 0 Å². The average molecular weight is 221 g/mol. The summed E-state index contributed by atoms with van der Waals surface area (Å²) in [5, 5.41) is 2.51. The fourth-order valence-corrected chi connectivity index (χ4v) is 0.902. The Morgan fingerprint density at radius 3 is 2.53 bits per heavy atom. The third-order valence-corrected chi connectivity index (χ3v) is 1.50. The van der Waals surface area contributed by atoms with Crippen molar-refractivity contribution < 1.29 is 17.9 Å². The average Bonchev–Trinajstić information content (AvgIpc) is 2.16. The van der Waals surface area contributed by atoms with Gasteiger partial charge in [-0.2, -0.15) is 18.2 Å². The lowest BCUT2D eigenvalue weighted by Crippen LogP contribution is -2.13. The monoisotopic (exact) mass is 221 g/mol. The minimum Gasteiger partial charge on any atom is -0.478 e. The molecule has 0 aliphatic heterocycles. The standard InChI is InChI=1S/C8H10F3N3O/c1-3-15-6-4-5(12-2)13-7(14-6)8(9,10)11/h4H,3H2,1-2H3,(H,12,13,14). The van der Waals surface area contributed by atoms with E-state index in [1.165, 1.54) is 13.1 Å². The fourth-order valence-electron chi connectivity index (χ4n) is 0.902. The first-order chi connectivity index (χ1) is 6.97. The number of aromatic nitrogens is 2. The van der Waals surface area contributed by atoms with Gasteiger partial charge >= 0.3 is 6.18 Å². The minimum absolute atomic E-state index is 0.0702. The second kappa shape index (κ2) is 4.33. The zero-order valence-electron chi connectivity index (χ0n) is 8.22. The molecule has 0 saturated carbocycles. The van der Waals surface area contributed by atoms with Crippen LogP contribution < -0.4 is 10.1 Å². The summed E-state index contributed by atoms with van der Waals surface area (Å²) in [6.07, 6.45) is -4.57. The molecule has 0 aromatic carbocycles. The summed E-state index contributed by atoms with van der Waals surface area (Å²) in [6.45, 7) is 1.91. The summed E-state index contributed by atoms with van der Waals surface area (Å²) < 4.78 is 41.8. The lowest BCUT2D eigenvalue weighted by molar-refractivity contribution is -0.145. The van der Waals surface area contributed by atoms with Crippen molar-refractivity contribution in [3.8, 4) is 5.88 Å². The van der Waals surface area contributed by atoms with E-state index < -0.39 is 12.0 Å². The summed E-state index contributed by atoms with van der Waals surface area (Å²) in [4.78, 5) is 6.52. The number of nitrogens with one attached hydrogen (secondary N) is 1. The lowest BCUT2D eigenvalue weighted by Gasteiger charge is -2.09. The molecule has 4 nitrogen and oxygen atoms in total. The summed E-state index contributed by atoms with van der Waals surface area (Å²) in [5.41, 5.74) is 0. The van der Waals surface area contributed by atoms with Crippen molar-refractivity contribution in [3.05, 3.63) is 11.9 Å². The molecule has 0 unspecified atom stereocenters. The van der Waals surface area contributed by atoms with E-state index in [9.17, 15) is 13.2 Å². The normalized spacial score (nSPS) is 11.3. The number of nitrogens with zero attached hydrogens (tertiary/aromatic N) is 2. The van der Waals surface area contributed by atoms with Crippen molar-refractivity contribution in [2.24, 2.45) is 0 Å². The Kier molecular flexibility index (Phi) is 3.33. The highest BCUT2D eigenvalue weighted by Crippen LogP contribution is 2.28. The second-order valence-corrected chi connectivity index (χ2v) is 2.60. The molecule has 1 N–H and O–H groups in total. The number of rotatable bonds is 3. The summed E-state index contributed by atoms with van der Waals surface area (Å²) in [6, 6.07) is 1.30. The molecular formula is C8H10F3N3O. The Morgan fingerprint density at radius 2 is 2.07 bits per heavy atom. The van der Waals surface area contributed by atoms with Crippen LogP contribution in [-0.4, -0.2) is 23.6 Å². The summed E-state index contributed by atoms with van der Waals surface area (Å²) >= 11 is 0. The van der Waals surface area contributed by atoms with Gasteiger partial charge in [-0.15, -0.1) is 0 Å². The van der Waals surface area contributed by atoms with Crippen molar-refractivity contribution in [1.29, 1.82) is 0 Å². The molecule has 1 rings (SSSR count). The van der Waals surface area contributed by atoms with Gasteiger partial charge in [-0.1, -0.05) is 0 Å². The van der Waals surface area contributed by atoms with Crippen LogP contribution >= 0.6 is 0 Å². The van der Waals surface area contributed by atoms with Crippen molar-refractivity contribution >= 4 is 5.82 Å². The largest absolute Gasteiger partial charge is 0.478 e. The van der Waals surface area contributed by atoms with Gasteiger partial charge in [0.25, 0.3) is 0 Å². The topological polar surface area (TPSA) is 47.0 Å². The van der Waals surface area contributed by atoms with E-state index in [2.05, 4.69) is 15.3 Å². The zero-order chi connectivity index (χ0) is 11.5. The van der Waals surface area contributed by atoms with Crippen molar-refractivity contribution in [2.45, 2.75) is 13.1 Å². The molecule has 1 aromatic heterocycles. The maximum Gasteiger partial charge on any atom is 0.451 e. The van der Waals surface area contributed by atoms with Crippen LogP contribution in [0.15, 0.2) is 6.07 Å². The van der Waals surface area contributed by atoms with Gasteiger partial charge in [0.15, 0.2) is 0 Å². The van der Waals surface area contributed by atoms with E-state index in [0.29, 0.717) is 0 Å². The van der Waals surface area contributed by atoms with Crippen LogP contribution in [0.3, 0.4) is 0 Å². The first-order valence-electron chi connectivity index (χ1n) is 4.24. The van der Waals surface area contributed by atoms with Gasteiger partial charge in [0, 0.05) is 13.1 Å². The molecule has 7 heteroatoms. The summed E-state index contributed by atoms with van der Waals surface area (Å²) in [5.74, 6) is -1.23. The molecule has 84 valence electrons. The molecule has 15 heavy (non-hydrogen) atoms. The van der Waals surface area contributed by atoms with Gasteiger partial charge in [-0.05, 0) is 6.92 Å². The third kappa shape index (κ3) is 2.97. The molecule has 0 saturated heterocycles. The Labute approximate surface area is 84.5 Å². The predicted octanol–water partition coefficient (Wildman–Crippen LogP) is 1.94. The quantitative estimate of drug-likeness (QED) is 0.847. The number of hydrogen-bond donors (Lipinski definition) is 1. The number of anilines is 1. The Bertz CT molecular complexity index is 340. The van der Waals surface area contributed by atoms with Crippen LogP contribution in [-0.2, 0) is 6.18 Å². The Hall–Kier alpha value is -1.53. The van der Waals surface area contributed by atoms with Crippen LogP contribution in [0.2, 0.25) is 0 Å². The van der Waals surface area contributed by atoms with Crippen LogP contribution in [0.5, 0.6) is 5.88 Å². The van der Waals surface area contributed by atoms with Crippen LogP contribution in [0.25, 0.3) is 0 Å². The maximum absolute atomic E-state index is 12.3. The van der Waals surface area contributed by atoms with Gasteiger partial charge in [0.1, 0.15) is 5.82 Å². The lowest BCUT2D eigenvalue weighted by atomic mass is 10.5. The third-order valence-electron chi connectivity index (χ3n) is 1.50. The van der Waals surface area contributed by atoms with E-state index in [4.69, 9.17) is 4.74 Å².